The number of fused-ring (bicyclic) bond motifs is 1. The number of carbonyl (C=O) groups excluding carboxylic acids is 1. The highest BCUT2D eigenvalue weighted by Crippen LogP contribution is 2.28. The van der Waals surface area contributed by atoms with Gasteiger partial charge in [-0.05, 0) is 45.3 Å². The molecule has 0 aliphatic carbocycles. The first-order valence-electron chi connectivity index (χ1n) is 8.68. The summed E-state index contributed by atoms with van der Waals surface area (Å²) >= 11 is 0. The minimum atomic E-state index is -0.359. The number of hydrogen-bond donors (Lipinski definition) is 1. The van der Waals surface area contributed by atoms with Gasteiger partial charge in [0.2, 0.25) is 0 Å². The Morgan fingerprint density at radius 3 is 2.70 bits per heavy atom. The molecule has 0 bridgehead atoms. The van der Waals surface area contributed by atoms with Crippen molar-refractivity contribution in [1.82, 2.24) is 10.2 Å². The van der Waals surface area contributed by atoms with Crippen molar-refractivity contribution in [2.75, 3.05) is 27.7 Å². The summed E-state index contributed by atoms with van der Waals surface area (Å²) in [5.41, 5.74) is 2.10. The maximum Gasteiger partial charge on any atom is 0.287 e. The van der Waals surface area contributed by atoms with Gasteiger partial charge in [0, 0.05) is 23.1 Å². The number of carbonyl (C=O) groups is 1. The molecule has 3 aromatic rings. The molecule has 5 nitrogen and oxygen atoms in total. The number of amides is 1. The third-order valence-corrected chi connectivity index (χ3v) is 4.68. The zero-order chi connectivity index (χ0) is 19.6. The van der Waals surface area contributed by atoms with Crippen molar-refractivity contribution in [3.8, 4) is 5.75 Å². The van der Waals surface area contributed by atoms with Crippen LogP contribution in [0.1, 0.15) is 27.7 Å². The van der Waals surface area contributed by atoms with Gasteiger partial charge in [-0.25, -0.2) is 4.39 Å². The lowest BCUT2D eigenvalue weighted by molar-refractivity contribution is 0.0915. The molecule has 0 saturated carbocycles. The number of benzene rings is 2. The van der Waals surface area contributed by atoms with Crippen molar-refractivity contribution in [3.63, 3.8) is 0 Å². The number of hydrogen-bond acceptors (Lipinski definition) is 4. The van der Waals surface area contributed by atoms with Gasteiger partial charge < -0.3 is 19.4 Å². The van der Waals surface area contributed by atoms with Gasteiger partial charge in [0.25, 0.3) is 5.91 Å². The van der Waals surface area contributed by atoms with Crippen LogP contribution < -0.4 is 10.1 Å². The Labute approximate surface area is 157 Å². The van der Waals surface area contributed by atoms with Gasteiger partial charge in [-0.1, -0.05) is 18.2 Å². The molecule has 0 fully saturated rings. The van der Waals surface area contributed by atoms with Crippen LogP contribution in [0.25, 0.3) is 11.0 Å². The molecule has 27 heavy (non-hydrogen) atoms. The van der Waals surface area contributed by atoms with E-state index in [0.29, 0.717) is 23.1 Å². The summed E-state index contributed by atoms with van der Waals surface area (Å²) < 4.78 is 24.6. The summed E-state index contributed by atoms with van der Waals surface area (Å²) in [6.45, 7) is 2.13. The van der Waals surface area contributed by atoms with Crippen LogP contribution in [0.4, 0.5) is 4.39 Å². The van der Waals surface area contributed by atoms with E-state index in [1.807, 2.05) is 43.3 Å². The van der Waals surface area contributed by atoms with Crippen LogP contribution in [0, 0.1) is 12.7 Å². The minimum Gasteiger partial charge on any atom is -0.496 e. The average molecular weight is 370 g/mol. The molecule has 3 rings (SSSR count). The molecule has 1 atom stereocenters. The largest absolute Gasteiger partial charge is 0.496 e. The first kappa shape index (κ1) is 18.9. The highest BCUT2D eigenvalue weighted by molar-refractivity contribution is 5.98. The number of rotatable bonds is 6. The molecular formula is C21H23FN2O3. The van der Waals surface area contributed by atoms with Crippen LogP contribution in [-0.4, -0.2) is 38.6 Å². The van der Waals surface area contributed by atoms with E-state index in [1.165, 1.54) is 18.2 Å². The second-order valence-corrected chi connectivity index (χ2v) is 6.63. The number of ether oxygens (including phenoxy) is 1. The smallest absolute Gasteiger partial charge is 0.287 e. The maximum atomic E-state index is 13.5. The summed E-state index contributed by atoms with van der Waals surface area (Å²) in [6.07, 6.45) is 0. The standard InChI is InChI=1S/C21H23FN2O3/c1-13-16-11-14(22)9-10-19(16)27-20(13)21(25)23-12-17(24(2)3)15-7-5-6-8-18(15)26-4/h5-11,17H,12H2,1-4H3,(H,23,25). The summed E-state index contributed by atoms with van der Waals surface area (Å²) in [6, 6.07) is 11.9. The molecule has 1 heterocycles. The van der Waals surface area contributed by atoms with Gasteiger partial charge in [-0.3, -0.25) is 4.79 Å². The predicted octanol–water partition coefficient (Wildman–Crippen LogP) is 3.92. The van der Waals surface area contributed by atoms with Crippen LogP contribution in [0.3, 0.4) is 0 Å². The third-order valence-electron chi connectivity index (χ3n) is 4.68. The fourth-order valence-corrected chi connectivity index (χ4v) is 3.19. The Hall–Kier alpha value is -2.86. The molecule has 1 aromatic heterocycles. The SMILES string of the molecule is COc1ccccc1C(CNC(=O)c1oc2ccc(F)cc2c1C)N(C)C. The van der Waals surface area contributed by atoms with Crippen molar-refractivity contribution in [3.05, 3.63) is 65.2 Å². The molecule has 0 spiro atoms. The first-order valence-corrected chi connectivity index (χ1v) is 8.68. The number of aryl methyl sites for hydroxylation is 1. The molecule has 0 aliphatic heterocycles. The van der Waals surface area contributed by atoms with Crippen LogP contribution in [0.2, 0.25) is 0 Å². The number of furan rings is 1. The lowest BCUT2D eigenvalue weighted by atomic mass is 10.0. The molecule has 1 amide bonds. The molecular weight excluding hydrogens is 347 g/mol. The summed E-state index contributed by atoms with van der Waals surface area (Å²) in [7, 11) is 5.51. The molecule has 0 radical (unpaired) electrons. The zero-order valence-corrected chi connectivity index (χ0v) is 15.9. The van der Waals surface area contributed by atoms with Crippen LogP contribution >= 0.6 is 0 Å². The van der Waals surface area contributed by atoms with Crippen LogP contribution in [-0.2, 0) is 0 Å². The fourth-order valence-electron chi connectivity index (χ4n) is 3.19. The lowest BCUT2D eigenvalue weighted by Gasteiger charge is -2.26. The number of para-hydroxylation sites is 1. The number of likely N-dealkylation sites (N-methyl/N-ethyl adjacent to an activating group) is 1. The topological polar surface area (TPSA) is 54.7 Å². The van der Waals surface area contributed by atoms with Crippen LogP contribution in [0.5, 0.6) is 5.75 Å². The minimum absolute atomic E-state index is 0.0766. The molecule has 142 valence electrons. The van der Waals surface area contributed by atoms with E-state index in [-0.39, 0.29) is 23.5 Å². The van der Waals surface area contributed by atoms with Crippen LogP contribution in [0.15, 0.2) is 46.9 Å². The van der Waals surface area contributed by atoms with E-state index in [0.717, 1.165) is 11.3 Å². The number of nitrogens with zero attached hydrogens (tertiary/aromatic N) is 1. The Morgan fingerprint density at radius 2 is 2.00 bits per heavy atom. The molecule has 6 heteroatoms. The van der Waals surface area contributed by atoms with Crippen molar-refractivity contribution in [2.24, 2.45) is 0 Å². The Bertz CT molecular complexity index is 965. The molecule has 0 saturated heterocycles. The Kier molecular flexibility index (Phi) is 5.46. The van der Waals surface area contributed by atoms with E-state index < -0.39 is 0 Å². The Balaban J connectivity index is 1.82. The molecule has 1 unspecified atom stereocenters. The van der Waals surface area contributed by atoms with E-state index >= 15 is 0 Å². The van der Waals surface area contributed by atoms with Crippen molar-refractivity contribution >= 4 is 16.9 Å². The highest BCUT2D eigenvalue weighted by Gasteiger charge is 2.22. The Morgan fingerprint density at radius 1 is 1.26 bits per heavy atom. The van der Waals surface area contributed by atoms with Gasteiger partial charge in [-0.2, -0.15) is 0 Å². The van der Waals surface area contributed by atoms with Gasteiger partial charge in [-0.15, -0.1) is 0 Å². The quantitative estimate of drug-likeness (QED) is 0.715. The molecule has 0 aliphatic rings. The fraction of sp³-hybridized carbons (Fsp3) is 0.286. The zero-order valence-electron chi connectivity index (χ0n) is 15.9. The second-order valence-electron chi connectivity index (χ2n) is 6.63. The summed E-state index contributed by atoms with van der Waals surface area (Å²) in [5.74, 6) is 0.280. The first-order chi connectivity index (χ1) is 12.9. The van der Waals surface area contributed by atoms with Gasteiger partial charge in [0.15, 0.2) is 5.76 Å². The third kappa shape index (κ3) is 3.80. The van der Waals surface area contributed by atoms with E-state index in [9.17, 15) is 9.18 Å². The average Bonchev–Trinajstić information content (AvgIpc) is 2.98. The number of halogens is 1. The monoisotopic (exact) mass is 370 g/mol. The van der Waals surface area contributed by atoms with Crippen molar-refractivity contribution in [2.45, 2.75) is 13.0 Å². The molecule has 1 N–H and O–H groups in total. The predicted molar refractivity (Wildman–Crippen MR) is 103 cm³/mol. The van der Waals surface area contributed by atoms with Gasteiger partial charge >= 0.3 is 0 Å². The lowest BCUT2D eigenvalue weighted by Crippen LogP contribution is -2.34. The van der Waals surface area contributed by atoms with E-state index in [4.69, 9.17) is 9.15 Å². The highest BCUT2D eigenvalue weighted by atomic mass is 19.1. The number of nitrogens with one attached hydrogen (secondary N) is 1. The molecule has 2 aromatic carbocycles. The number of methoxy groups -OCH3 is 1. The summed E-state index contributed by atoms with van der Waals surface area (Å²) in [5, 5.41) is 3.53. The van der Waals surface area contributed by atoms with E-state index in [1.54, 1.807) is 14.0 Å². The van der Waals surface area contributed by atoms with Gasteiger partial charge in [0.05, 0.1) is 13.2 Å². The summed E-state index contributed by atoms with van der Waals surface area (Å²) in [4.78, 5) is 14.7. The van der Waals surface area contributed by atoms with Crippen molar-refractivity contribution < 1.29 is 18.3 Å². The van der Waals surface area contributed by atoms with E-state index in [2.05, 4.69) is 5.32 Å². The van der Waals surface area contributed by atoms with Crippen molar-refractivity contribution in [1.29, 1.82) is 0 Å². The van der Waals surface area contributed by atoms with Gasteiger partial charge in [0.1, 0.15) is 17.1 Å². The normalized spacial score (nSPS) is 12.4. The maximum absolute atomic E-state index is 13.5. The second kappa shape index (κ2) is 7.80.